The van der Waals surface area contributed by atoms with Crippen LogP contribution in [0.3, 0.4) is 0 Å². The van der Waals surface area contributed by atoms with Crippen molar-refractivity contribution in [3.63, 3.8) is 0 Å². The van der Waals surface area contributed by atoms with Crippen LogP contribution in [0.1, 0.15) is 45.1 Å². The molecule has 2 heterocycles. The van der Waals surface area contributed by atoms with Crippen molar-refractivity contribution in [1.82, 2.24) is 9.62 Å². The van der Waals surface area contributed by atoms with Crippen LogP contribution in [0.2, 0.25) is 0 Å². The highest BCUT2D eigenvalue weighted by molar-refractivity contribution is 7.89. The molecule has 12 heteroatoms. The molecule has 2 aliphatic rings. The van der Waals surface area contributed by atoms with Crippen LogP contribution in [0.15, 0.2) is 28.1 Å². The SMILES string of the molecule is C[C@@H]1CCN(C[C@H](CCCN=C(N)N)NS(=O)(=O)c2cccc3c2NC[C@H](C)C3)[C@@H](C(=O)O)C1.O. The smallest absolute Gasteiger partial charge is 0.320 e. The Labute approximate surface area is 207 Å². The zero-order valence-corrected chi connectivity index (χ0v) is 21.4. The van der Waals surface area contributed by atoms with Gasteiger partial charge in [0.05, 0.1) is 5.69 Å². The average Bonchev–Trinajstić information content (AvgIpc) is 2.76. The number of nitrogens with zero attached hydrogens (tertiary/aromatic N) is 2. The third-order valence-electron chi connectivity index (χ3n) is 6.64. The Kier molecular flexibility index (Phi) is 10.3. The minimum absolute atomic E-state index is 0. The molecule has 0 amide bonds. The molecular weight excluding hydrogens is 472 g/mol. The summed E-state index contributed by atoms with van der Waals surface area (Å²) in [4.78, 5) is 18.0. The van der Waals surface area contributed by atoms with Crippen molar-refractivity contribution in [2.45, 2.75) is 62.9 Å². The Hall–Kier alpha value is -2.41. The van der Waals surface area contributed by atoms with Gasteiger partial charge < -0.3 is 27.4 Å². The number of rotatable bonds is 10. The molecule has 0 aliphatic carbocycles. The molecule has 0 radical (unpaired) electrons. The zero-order chi connectivity index (χ0) is 24.9. The summed E-state index contributed by atoms with van der Waals surface area (Å²) < 4.78 is 29.8. The second kappa shape index (κ2) is 12.5. The number of aliphatic carboxylic acids is 1. The van der Waals surface area contributed by atoms with Gasteiger partial charge in [0.25, 0.3) is 0 Å². The number of carboxylic acids is 1. The van der Waals surface area contributed by atoms with Crippen molar-refractivity contribution in [3.8, 4) is 0 Å². The molecule has 35 heavy (non-hydrogen) atoms. The van der Waals surface area contributed by atoms with E-state index in [1.54, 1.807) is 12.1 Å². The summed E-state index contributed by atoms with van der Waals surface area (Å²) in [7, 11) is -3.84. The summed E-state index contributed by atoms with van der Waals surface area (Å²) in [6.45, 7) is 6.19. The minimum atomic E-state index is -3.84. The largest absolute Gasteiger partial charge is 0.480 e. The number of anilines is 1. The Morgan fingerprint density at radius 1 is 1.31 bits per heavy atom. The number of benzene rings is 1. The van der Waals surface area contributed by atoms with Crippen LogP contribution in [-0.2, 0) is 21.2 Å². The number of fused-ring (bicyclic) bond motifs is 1. The molecule has 0 bridgehead atoms. The summed E-state index contributed by atoms with van der Waals surface area (Å²) in [6.07, 6.45) is 3.30. The van der Waals surface area contributed by atoms with Crippen LogP contribution in [0, 0.1) is 11.8 Å². The molecule has 2 aliphatic heterocycles. The number of nitrogens with one attached hydrogen (secondary N) is 2. The maximum atomic E-state index is 13.5. The number of nitrogens with two attached hydrogens (primary N) is 2. The number of likely N-dealkylation sites (tertiary alicyclic amines) is 1. The zero-order valence-electron chi connectivity index (χ0n) is 20.5. The highest BCUT2D eigenvalue weighted by Crippen LogP contribution is 2.31. The van der Waals surface area contributed by atoms with E-state index in [0.717, 1.165) is 18.4 Å². The minimum Gasteiger partial charge on any atom is -0.480 e. The van der Waals surface area contributed by atoms with E-state index in [1.807, 2.05) is 11.0 Å². The number of guanidine groups is 1. The molecule has 9 N–H and O–H groups in total. The average molecular weight is 513 g/mol. The fraction of sp³-hybridized carbons (Fsp3) is 0.652. The molecule has 4 atom stereocenters. The third-order valence-corrected chi connectivity index (χ3v) is 8.20. The van der Waals surface area contributed by atoms with Gasteiger partial charge in [-0.1, -0.05) is 26.0 Å². The van der Waals surface area contributed by atoms with Crippen LogP contribution in [0.5, 0.6) is 0 Å². The summed E-state index contributed by atoms with van der Waals surface area (Å²) in [6, 6.07) is 4.24. The molecule has 1 fully saturated rings. The predicted octanol–water partition coefficient (Wildman–Crippen LogP) is 0.352. The van der Waals surface area contributed by atoms with Gasteiger partial charge in [0.2, 0.25) is 10.0 Å². The van der Waals surface area contributed by atoms with Crippen molar-refractivity contribution in [2.24, 2.45) is 28.3 Å². The van der Waals surface area contributed by atoms with Gasteiger partial charge in [0.1, 0.15) is 10.9 Å². The topological polar surface area (TPSA) is 195 Å². The third kappa shape index (κ3) is 7.79. The van der Waals surface area contributed by atoms with Gasteiger partial charge in [-0.05, 0) is 62.1 Å². The lowest BCUT2D eigenvalue weighted by atomic mass is 9.92. The highest BCUT2D eigenvalue weighted by Gasteiger charge is 2.34. The monoisotopic (exact) mass is 512 g/mol. The second-order valence-corrected chi connectivity index (χ2v) is 11.4. The van der Waals surface area contributed by atoms with Crippen molar-refractivity contribution >= 4 is 27.6 Å². The van der Waals surface area contributed by atoms with Crippen LogP contribution in [0.25, 0.3) is 0 Å². The predicted molar refractivity (Wildman–Crippen MR) is 137 cm³/mol. The number of sulfonamides is 1. The molecule has 0 aromatic heterocycles. The first-order chi connectivity index (χ1) is 16.1. The van der Waals surface area contributed by atoms with Crippen LogP contribution in [0.4, 0.5) is 5.69 Å². The lowest BCUT2D eigenvalue weighted by Crippen LogP contribution is -2.52. The first-order valence-electron chi connectivity index (χ1n) is 12.0. The Morgan fingerprint density at radius 3 is 2.74 bits per heavy atom. The van der Waals surface area contributed by atoms with Gasteiger partial charge in [-0.3, -0.25) is 14.7 Å². The normalized spacial score (nSPS) is 23.3. The Morgan fingerprint density at radius 2 is 2.06 bits per heavy atom. The number of carbonyl (C=O) groups is 1. The quantitative estimate of drug-likeness (QED) is 0.168. The van der Waals surface area contributed by atoms with E-state index in [-0.39, 0.29) is 16.3 Å². The fourth-order valence-electron chi connectivity index (χ4n) is 4.86. The molecule has 11 nitrogen and oxygen atoms in total. The molecule has 0 saturated carbocycles. The number of hydrogen-bond donors (Lipinski definition) is 5. The number of carboxylic acid groups (broad SMARTS) is 1. The van der Waals surface area contributed by atoms with E-state index in [1.165, 1.54) is 0 Å². The maximum absolute atomic E-state index is 13.5. The van der Waals surface area contributed by atoms with Crippen LogP contribution < -0.4 is 21.5 Å². The number of hydrogen-bond acceptors (Lipinski definition) is 6. The van der Waals surface area contributed by atoms with Crippen molar-refractivity contribution in [1.29, 1.82) is 0 Å². The Bertz CT molecular complexity index is 998. The van der Waals surface area contributed by atoms with Gasteiger partial charge in [-0.25, -0.2) is 13.1 Å². The summed E-state index contributed by atoms with van der Waals surface area (Å²) in [5.41, 5.74) is 12.5. The van der Waals surface area contributed by atoms with E-state index >= 15 is 0 Å². The molecule has 198 valence electrons. The van der Waals surface area contributed by atoms with Gasteiger partial charge in [0.15, 0.2) is 5.96 Å². The summed E-state index contributed by atoms with van der Waals surface area (Å²) in [5.74, 6) is -0.136. The highest BCUT2D eigenvalue weighted by atomic mass is 32.2. The molecule has 1 saturated heterocycles. The molecular formula is C23H40N6O5S. The van der Waals surface area contributed by atoms with Crippen molar-refractivity contribution in [3.05, 3.63) is 23.8 Å². The lowest BCUT2D eigenvalue weighted by molar-refractivity contribution is -0.145. The lowest BCUT2D eigenvalue weighted by Gasteiger charge is -2.38. The van der Waals surface area contributed by atoms with E-state index in [9.17, 15) is 18.3 Å². The second-order valence-electron chi connectivity index (χ2n) is 9.73. The fourth-order valence-corrected chi connectivity index (χ4v) is 6.35. The van der Waals surface area contributed by atoms with Gasteiger partial charge in [-0.15, -0.1) is 0 Å². The molecule has 0 unspecified atom stereocenters. The van der Waals surface area contributed by atoms with E-state index in [4.69, 9.17) is 11.5 Å². The van der Waals surface area contributed by atoms with E-state index in [2.05, 4.69) is 28.9 Å². The van der Waals surface area contributed by atoms with Crippen LogP contribution in [-0.4, -0.2) is 74.1 Å². The van der Waals surface area contributed by atoms with Crippen molar-refractivity contribution in [2.75, 3.05) is 31.5 Å². The van der Waals surface area contributed by atoms with Crippen molar-refractivity contribution < 1.29 is 23.8 Å². The molecule has 1 aromatic rings. The van der Waals surface area contributed by atoms with Gasteiger partial charge >= 0.3 is 5.97 Å². The molecule has 0 spiro atoms. The molecule has 1 aromatic carbocycles. The first-order valence-corrected chi connectivity index (χ1v) is 13.5. The number of piperidine rings is 1. The summed E-state index contributed by atoms with van der Waals surface area (Å²) in [5, 5.41) is 13.0. The maximum Gasteiger partial charge on any atom is 0.320 e. The van der Waals surface area contributed by atoms with E-state index in [0.29, 0.717) is 63.0 Å². The Balaban J connectivity index is 0.00000432. The van der Waals surface area contributed by atoms with Gasteiger partial charge in [-0.2, -0.15) is 0 Å². The van der Waals surface area contributed by atoms with E-state index < -0.39 is 28.1 Å². The summed E-state index contributed by atoms with van der Waals surface area (Å²) >= 11 is 0. The number of aliphatic imine (C=N–C) groups is 1. The van der Waals surface area contributed by atoms with Crippen LogP contribution >= 0.6 is 0 Å². The standard InChI is InChI=1S/C23H38N6O4S.H2O/c1-15-8-10-29(19(12-15)22(30)31)14-18(6-4-9-26-23(24)25)28-34(32,33)20-7-3-5-17-11-16(2)13-27-21(17)20;/h3,5,7,15-16,18-19,27-28H,4,6,8-14H2,1-2H3,(H,30,31)(H4,24,25,26);1H2/t15-,16-,18+,19-;/m1./s1. The molecule has 3 rings (SSSR count). The first kappa shape index (κ1) is 28.8. The van der Waals surface area contributed by atoms with Gasteiger partial charge in [0, 0.05) is 25.7 Å². The number of para-hydroxylation sites is 1.